The summed E-state index contributed by atoms with van der Waals surface area (Å²) in [6.45, 7) is 3.70. The molecule has 0 aromatic carbocycles. The zero-order valence-electron chi connectivity index (χ0n) is 8.99. The van der Waals surface area contributed by atoms with Crippen LogP contribution in [0.3, 0.4) is 0 Å². The molecule has 1 rings (SSSR count). The van der Waals surface area contributed by atoms with Gasteiger partial charge in [0.1, 0.15) is 5.54 Å². The molecule has 3 N–H and O–H groups in total. The predicted octanol–water partition coefficient (Wildman–Crippen LogP) is 0.520. The Bertz CT molecular complexity index is 220. The number of hydrogen-bond donors (Lipinski definition) is 2. The number of carboxylic acids is 1. The third-order valence-electron chi connectivity index (χ3n) is 3.34. The Morgan fingerprint density at radius 3 is 2.79 bits per heavy atom. The molecule has 0 aromatic heterocycles. The van der Waals surface area contributed by atoms with Gasteiger partial charge in [0.25, 0.3) is 0 Å². The highest BCUT2D eigenvalue weighted by molar-refractivity contribution is 5.78. The van der Waals surface area contributed by atoms with Crippen molar-refractivity contribution in [3.63, 3.8) is 0 Å². The number of piperidine rings is 1. The van der Waals surface area contributed by atoms with Crippen LogP contribution < -0.4 is 5.73 Å². The molecule has 4 heteroatoms. The van der Waals surface area contributed by atoms with Gasteiger partial charge in [0.05, 0.1) is 0 Å². The van der Waals surface area contributed by atoms with Crippen molar-refractivity contribution in [3.8, 4) is 0 Å². The fourth-order valence-electron chi connectivity index (χ4n) is 2.20. The topological polar surface area (TPSA) is 66.6 Å². The first-order valence-electron chi connectivity index (χ1n) is 5.21. The smallest absolute Gasteiger partial charge is 0.324 e. The van der Waals surface area contributed by atoms with Gasteiger partial charge in [-0.1, -0.05) is 6.92 Å². The number of nitrogens with zero attached hydrogens (tertiary/aromatic N) is 1. The van der Waals surface area contributed by atoms with Gasteiger partial charge >= 0.3 is 5.97 Å². The summed E-state index contributed by atoms with van der Waals surface area (Å²) in [6, 6.07) is 0. The lowest BCUT2D eigenvalue weighted by Crippen LogP contribution is -2.57. The lowest BCUT2D eigenvalue weighted by molar-refractivity contribution is -0.146. The monoisotopic (exact) mass is 200 g/mol. The van der Waals surface area contributed by atoms with Crippen LogP contribution in [-0.4, -0.2) is 41.7 Å². The summed E-state index contributed by atoms with van der Waals surface area (Å²) in [6.07, 6.45) is 2.48. The minimum absolute atomic E-state index is 0.0868. The van der Waals surface area contributed by atoms with Gasteiger partial charge < -0.3 is 15.7 Å². The second kappa shape index (κ2) is 4.28. The fourth-order valence-corrected chi connectivity index (χ4v) is 2.20. The van der Waals surface area contributed by atoms with Crippen molar-refractivity contribution in [3.05, 3.63) is 0 Å². The standard InChI is InChI=1S/C10H20N2O2/c1-3-10(11,9(13)14)8-5-4-6-12(2)7-8/h8H,3-7,11H2,1-2H3,(H,13,14). The highest BCUT2D eigenvalue weighted by Gasteiger charge is 2.41. The molecule has 1 fully saturated rings. The molecule has 0 amide bonds. The van der Waals surface area contributed by atoms with Gasteiger partial charge in [-0.2, -0.15) is 0 Å². The van der Waals surface area contributed by atoms with E-state index in [1.54, 1.807) is 0 Å². The van der Waals surface area contributed by atoms with Gasteiger partial charge in [0, 0.05) is 12.5 Å². The summed E-state index contributed by atoms with van der Waals surface area (Å²) in [4.78, 5) is 13.3. The Hall–Kier alpha value is -0.610. The molecule has 4 nitrogen and oxygen atoms in total. The maximum Gasteiger partial charge on any atom is 0.324 e. The zero-order valence-corrected chi connectivity index (χ0v) is 8.99. The van der Waals surface area contributed by atoms with E-state index in [4.69, 9.17) is 10.8 Å². The molecule has 82 valence electrons. The van der Waals surface area contributed by atoms with E-state index >= 15 is 0 Å². The number of carboxylic acid groups (broad SMARTS) is 1. The summed E-state index contributed by atoms with van der Waals surface area (Å²) in [5, 5.41) is 9.13. The van der Waals surface area contributed by atoms with E-state index in [9.17, 15) is 4.79 Å². The van der Waals surface area contributed by atoms with Crippen molar-refractivity contribution >= 4 is 5.97 Å². The van der Waals surface area contributed by atoms with Gasteiger partial charge in [-0.15, -0.1) is 0 Å². The van der Waals surface area contributed by atoms with Crippen molar-refractivity contribution in [2.24, 2.45) is 11.7 Å². The van der Waals surface area contributed by atoms with E-state index in [1.165, 1.54) is 0 Å². The molecule has 1 saturated heterocycles. The molecule has 0 radical (unpaired) electrons. The number of aliphatic carboxylic acids is 1. The molecular formula is C10H20N2O2. The first kappa shape index (κ1) is 11.5. The Morgan fingerprint density at radius 2 is 2.36 bits per heavy atom. The number of carbonyl (C=O) groups is 1. The van der Waals surface area contributed by atoms with Crippen molar-refractivity contribution < 1.29 is 9.90 Å². The number of likely N-dealkylation sites (tertiary alicyclic amines) is 1. The minimum atomic E-state index is -1.03. The van der Waals surface area contributed by atoms with Crippen LogP contribution in [-0.2, 0) is 4.79 Å². The van der Waals surface area contributed by atoms with Gasteiger partial charge in [-0.05, 0) is 32.9 Å². The third kappa shape index (κ3) is 2.07. The quantitative estimate of drug-likeness (QED) is 0.697. The van der Waals surface area contributed by atoms with E-state index in [-0.39, 0.29) is 5.92 Å². The van der Waals surface area contributed by atoms with Crippen LogP contribution in [0.5, 0.6) is 0 Å². The van der Waals surface area contributed by atoms with Gasteiger partial charge in [0.2, 0.25) is 0 Å². The Labute approximate surface area is 85.1 Å². The average Bonchev–Trinajstić information content (AvgIpc) is 2.16. The molecule has 1 heterocycles. The molecule has 0 saturated carbocycles. The number of hydrogen-bond acceptors (Lipinski definition) is 3. The highest BCUT2D eigenvalue weighted by atomic mass is 16.4. The van der Waals surface area contributed by atoms with Gasteiger partial charge in [0.15, 0.2) is 0 Å². The van der Waals surface area contributed by atoms with Crippen LogP contribution in [0.1, 0.15) is 26.2 Å². The lowest BCUT2D eigenvalue weighted by atomic mass is 9.78. The summed E-state index contributed by atoms with van der Waals surface area (Å²) in [5.41, 5.74) is 4.92. The molecule has 14 heavy (non-hydrogen) atoms. The molecule has 2 atom stereocenters. The van der Waals surface area contributed by atoms with Crippen LogP contribution in [0.2, 0.25) is 0 Å². The maximum absolute atomic E-state index is 11.1. The second-order valence-electron chi connectivity index (χ2n) is 4.30. The lowest BCUT2D eigenvalue weighted by Gasteiger charge is -2.39. The third-order valence-corrected chi connectivity index (χ3v) is 3.34. The van der Waals surface area contributed by atoms with Crippen LogP contribution in [0.25, 0.3) is 0 Å². The van der Waals surface area contributed by atoms with E-state index in [0.717, 1.165) is 25.9 Å². The zero-order chi connectivity index (χ0) is 10.8. The molecule has 0 bridgehead atoms. The van der Waals surface area contributed by atoms with Crippen molar-refractivity contribution in [2.75, 3.05) is 20.1 Å². The van der Waals surface area contributed by atoms with Crippen LogP contribution in [0, 0.1) is 5.92 Å². The fraction of sp³-hybridized carbons (Fsp3) is 0.900. The van der Waals surface area contributed by atoms with E-state index in [2.05, 4.69) is 4.90 Å². The summed E-state index contributed by atoms with van der Waals surface area (Å²) >= 11 is 0. The highest BCUT2D eigenvalue weighted by Crippen LogP contribution is 2.27. The van der Waals surface area contributed by atoms with Gasteiger partial charge in [-0.3, -0.25) is 4.79 Å². The molecular weight excluding hydrogens is 180 g/mol. The Morgan fingerprint density at radius 1 is 1.71 bits per heavy atom. The van der Waals surface area contributed by atoms with E-state index in [1.807, 2.05) is 14.0 Å². The van der Waals surface area contributed by atoms with E-state index < -0.39 is 11.5 Å². The molecule has 0 aliphatic carbocycles. The first-order chi connectivity index (χ1) is 6.50. The Balaban J connectivity index is 2.73. The summed E-state index contributed by atoms with van der Waals surface area (Å²) in [5.74, 6) is -0.774. The van der Waals surface area contributed by atoms with Crippen LogP contribution in [0.15, 0.2) is 0 Å². The minimum Gasteiger partial charge on any atom is -0.480 e. The maximum atomic E-state index is 11.1. The Kier molecular flexibility index (Phi) is 3.50. The normalized spacial score (nSPS) is 28.4. The largest absolute Gasteiger partial charge is 0.480 e. The van der Waals surface area contributed by atoms with Crippen molar-refractivity contribution in [2.45, 2.75) is 31.7 Å². The molecule has 1 aliphatic heterocycles. The molecule has 0 spiro atoms. The second-order valence-corrected chi connectivity index (χ2v) is 4.30. The molecule has 0 aromatic rings. The average molecular weight is 200 g/mol. The number of nitrogens with two attached hydrogens (primary N) is 1. The van der Waals surface area contributed by atoms with Crippen LogP contribution in [0.4, 0.5) is 0 Å². The van der Waals surface area contributed by atoms with Gasteiger partial charge in [-0.25, -0.2) is 0 Å². The summed E-state index contributed by atoms with van der Waals surface area (Å²) in [7, 11) is 2.02. The van der Waals surface area contributed by atoms with Crippen LogP contribution >= 0.6 is 0 Å². The SMILES string of the molecule is CCC(N)(C(=O)O)C1CCCN(C)C1. The summed E-state index contributed by atoms with van der Waals surface area (Å²) < 4.78 is 0. The molecule has 2 unspecified atom stereocenters. The number of rotatable bonds is 3. The van der Waals surface area contributed by atoms with Crippen molar-refractivity contribution in [1.29, 1.82) is 0 Å². The molecule has 1 aliphatic rings. The first-order valence-corrected chi connectivity index (χ1v) is 5.21. The van der Waals surface area contributed by atoms with Crippen molar-refractivity contribution in [1.82, 2.24) is 4.90 Å². The van der Waals surface area contributed by atoms with E-state index in [0.29, 0.717) is 6.42 Å². The predicted molar refractivity (Wildman–Crippen MR) is 55.1 cm³/mol.